The van der Waals surface area contributed by atoms with E-state index in [1.807, 2.05) is 30.3 Å². The molecule has 0 atom stereocenters. The van der Waals surface area contributed by atoms with Gasteiger partial charge in [0.2, 0.25) is 0 Å². The number of nitrogens with one attached hydrogen (secondary N) is 1. The normalized spacial score (nSPS) is 19.1. The maximum atomic E-state index is 12.3. The summed E-state index contributed by atoms with van der Waals surface area (Å²) in [6.07, 6.45) is 0.212. The first kappa shape index (κ1) is 19.2. The van der Waals surface area contributed by atoms with Crippen LogP contribution in [0.15, 0.2) is 30.3 Å². The van der Waals surface area contributed by atoms with Crippen LogP contribution >= 0.6 is 0 Å². The number of amides is 1. The maximum absolute atomic E-state index is 12.3. The lowest BCUT2D eigenvalue weighted by Crippen LogP contribution is -2.56. The monoisotopic (exact) mass is 369 g/mol. The van der Waals surface area contributed by atoms with Gasteiger partial charge in [0.1, 0.15) is 22.0 Å². The van der Waals surface area contributed by atoms with Gasteiger partial charge in [-0.15, -0.1) is 0 Å². The van der Waals surface area contributed by atoms with Crippen LogP contribution in [-0.4, -0.2) is 44.6 Å². The van der Waals surface area contributed by atoms with E-state index in [0.29, 0.717) is 0 Å². The summed E-state index contributed by atoms with van der Waals surface area (Å²) in [5.74, 6) is -0.595. The van der Waals surface area contributed by atoms with Gasteiger partial charge < -0.3 is 14.8 Å². The van der Waals surface area contributed by atoms with Crippen molar-refractivity contribution < 1.29 is 27.5 Å². The third kappa shape index (κ3) is 5.45. The number of alkyl carbamates (subject to hydrolysis) is 1. The number of benzene rings is 1. The Hall–Kier alpha value is -2.09. The second-order valence-electron chi connectivity index (χ2n) is 6.12. The highest BCUT2D eigenvalue weighted by atomic mass is 32.2. The van der Waals surface area contributed by atoms with Gasteiger partial charge in [0.25, 0.3) is 0 Å². The summed E-state index contributed by atoms with van der Waals surface area (Å²) >= 11 is 0. The highest BCUT2D eigenvalue weighted by molar-refractivity contribution is 7.91. The molecule has 1 aromatic carbocycles. The molecule has 138 valence electrons. The number of carbonyl (C=O) groups is 2. The lowest BCUT2D eigenvalue weighted by atomic mass is 9.88. The number of hydrogen-bond acceptors (Lipinski definition) is 6. The topological polar surface area (TPSA) is 98.8 Å². The summed E-state index contributed by atoms with van der Waals surface area (Å²) in [5.41, 5.74) is -0.424. The third-order valence-electron chi connectivity index (χ3n) is 4.25. The van der Waals surface area contributed by atoms with Gasteiger partial charge in [0, 0.05) is 0 Å². The number of hydrogen-bond donors (Lipinski definition) is 1. The quantitative estimate of drug-likeness (QED) is 0.813. The molecule has 0 radical (unpaired) electrons. The highest BCUT2D eigenvalue weighted by Gasteiger charge is 2.42. The SMILES string of the molecule is COC(=O)C1(NC(=O)OCc2ccccc2)CCCS(=O)(=O)CCC1. The second kappa shape index (κ2) is 8.33. The molecule has 8 heteroatoms. The zero-order valence-corrected chi connectivity index (χ0v) is 15.0. The van der Waals surface area contributed by atoms with Gasteiger partial charge in [-0.25, -0.2) is 18.0 Å². The Kier molecular flexibility index (Phi) is 6.41. The fourth-order valence-electron chi connectivity index (χ4n) is 2.94. The van der Waals surface area contributed by atoms with Crippen LogP contribution in [-0.2, 0) is 30.7 Å². The van der Waals surface area contributed by atoms with Crippen LogP contribution in [0.25, 0.3) is 0 Å². The maximum Gasteiger partial charge on any atom is 0.408 e. The molecule has 0 bridgehead atoms. The van der Waals surface area contributed by atoms with Gasteiger partial charge in [-0.2, -0.15) is 0 Å². The number of methoxy groups -OCH3 is 1. The molecular formula is C17H23NO6S. The predicted octanol–water partition coefficient (Wildman–Crippen LogP) is 1.81. The van der Waals surface area contributed by atoms with Crippen molar-refractivity contribution in [3.05, 3.63) is 35.9 Å². The van der Waals surface area contributed by atoms with E-state index in [4.69, 9.17) is 9.47 Å². The first-order valence-corrected chi connectivity index (χ1v) is 9.97. The Balaban J connectivity index is 2.03. The molecule has 25 heavy (non-hydrogen) atoms. The number of ether oxygens (including phenoxy) is 2. The summed E-state index contributed by atoms with van der Waals surface area (Å²) in [6.45, 7) is 0.0817. The van der Waals surface area contributed by atoms with Gasteiger partial charge in [0.15, 0.2) is 0 Å². The molecule has 0 saturated carbocycles. The smallest absolute Gasteiger partial charge is 0.408 e. The Labute approximate surface area is 147 Å². The minimum absolute atomic E-state index is 0.00745. The van der Waals surface area contributed by atoms with E-state index < -0.39 is 27.4 Å². The molecule has 1 aliphatic heterocycles. The summed E-state index contributed by atoms with van der Waals surface area (Å²) in [7, 11) is -1.85. The van der Waals surface area contributed by atoms with E-state index in [9.17, 15) is 18.0 Å². The molecule has 1 N–H and O–H groups in total. The number of sulfone groups is 1. The summed E-state index contributed by atoms with van der Waals surface area (Å²) < 4.78 is 33.5. The molecule has 1 aromatic rings. The highest BCUT2D eigenvalue weighted by Crippen LogP contribution is 2.25. The Morgan fingerprint density at radius 2 is 1.72 bits per heavy atom. The predicted molar refractivity (Wildman–Crippen MR) is 91.6 cm³/mol. The van der Waals surface area contributed by atoms with Crippen molar-refractivity contribution in [3.63, 3.8) is 0 Å². The molecule has 0 spiro atoms. The zero-order chi connectivity index (χ0) is 18.3. The average Bonchev–Trinajstić information content (AvgIpc) is 2.58. The van der Waals surface area contributed by atoms with Crippen LogP contribution in [0.1, 0.15) is 31.2 Å². The lowest BCUT2D eigenvalue weighted by Gasteiger charge is -2.33. The Bertz CT molecular complexity index is 685. The fourth-order valence-corrected chi connectivity index (χ4v) is 4.32. The van der Waals surface area contributed by atoms with E-state index in [2.05, 4.69) is 5.32 Å². The molecular weight excluding hydrogens is 346 g/mol. The first-order valence-electron chi connectivity index (χ1n) is 8.15. The molecule has 0 unspecified atom stereocenters. The summed E-state index contributed by atoms with van der Waals surface area (Å²) in [5, 5.41) is 2.62. The van der Waals surface area contributed by atoms with Gasteiger partial charge in [0.05, 0.1) is 18.6 Å². The molecule has 1 heterocycles. The summed E-state index contributed by atoms with van der Waals surface area (Å²) in [6, 6.07) is 9.18. The van der Waals surface area contributed by atoms with Gasteiger partial charge in [-0.3, -0.25) is 0 Å². The van der Waals surface area contributed by atoms with Crippen molar-refractivity contribution in [2.75, 3.05) is 18.6 Å². The van der Waals surface area contributed by atoms with Crippen LogP contribution in [0, 0.1) is 0 Å². The zero-order valence-electron chi connectivity index (χ0n) is 14.2. The van der Waals surface area contributed by atoms with Crippen molar-refractivity contribution >= 4 is 21.9 Å². The number of carbonyl (C=O) groups excluding carboxylic acids is 2. The van der Waals surface area contributed by atoms with E-state index in [-0.39, 0.29) is 43.8 Å². The average molecular weight is 369 g/mol. The van der Waals surface area contributed by atoms with Crippen molar-refractivity contribution in [1.29, 1.82) is 0 Å². The number of esters is 1. The van der Waals surface area contributed by atoms with Crippen LogP contribution < -0.4 is 5.32 Å². The molecule has 1 amide bonds. The van der Waals surface area contributed by atoms with Crippen molar-refractivity contribution in [2.45, 2.75) is 37.8 Å². The van der Waals surface area contributed by atoms with E-state index in [0.717, 1.165) is 5.56 Å². The van der Waals surface area contributed by atoms with Gasteiger partial charge in [-0.1, -0.05) is 30.3 Å². The minimum Gasteiger partial charge on any atom is -0.467 e. The van der Waals surface area contributed by atoms with E-state index in [1.54, 1.807) is 0 Å². The summed E-state index contributed by atoms with van der Waals surface area (Å²) in [4.78, 5) is 24.5. The number of rotatable bonds is 4. The van der Waals surface area contributed by atoms with Gasteiger partial charge >= 0.3 is 12.1 Å². The first-order chi connectivity index (χ1) is 11.9. The van der Waals surface area contributed by atoms with Crippen LogP contribution in [0.4, 0.5) is 4.79 Å². The van der Waals surface area contributed by atoms with E-state index >= 15 is 0 Å². The molecule has 0 aromatic heterocycles. The van der Waals surface area contributed by atoms with Crippen LogP contribution in [0.3, 0.4) is 0 Å². The second-order valence-corrected chi connectivity index (χ2v) is 8.42. The minimum atomic E-state index is -3.10. The lowest BCUT2D eigenvalue weighted by molar-refractivity contribution is -0.149. The van der Waals surface area contributed by atoms with Crippen molar-refractivity contribution in [1.82, 2.24) is 5.32 Å². The van der Waals surface area contributed by atoms with Crippen LogP contribution in [0.5, 0.6) is 0 Å². The Morgan fingerprint density at radius 1 is 1.12 bits per heavy atom. The largest absolute Gasteiger partial charge is 0.467 e. The molecule has 1 aliphatic rings. The molecule has 7 nitrogen and oxygen atoms in total. The molecule has 1 fully saturated rings. The third-order valence-corrected chi connectivity index (χ3v) is 6.07. The van der Waals surface area contributed by atoms with Crippen molar-refractivity contribution in [3.8, 4) is 0 Å². The van der Waals surface area contributed by atoms with Crippen LogP contribution in [0.2, 0.25) is 0 Å². The Morgan fingerprint density at radius 3 is 2.28 bits per heavy atom. The molecule has 1 saturated heterocycles. The van der Waals surface area contributed by atoms with E-state index in [1.165, 1.54) is 7.11 Å². The van der Waals surface area contributed by atoms with Gasteiger partial charge in [-0.05, 0) is 31.2 Å². The molecule has 0 aliphatic carbocycles. The molecule has 2 rings (SSSR count). The standard InChI is InChI=1S/C17H23NO6S/c1-23-15(19)17(9-5-11-25(21,22)12-6-10-17)18-16(20)24-13-14-7-3-2-4-8-14/h2-4,7-8H,5-6,9-13H2,1H3,(H,18,20). The van der Waals surface area contributed by atoms with Crippen molar-refractivity contribution in [2.24, 2.45) is 0 Å². The fraction of sp³-hybridized carbons (Fsp3) is 0.529.